The molecule has 0 saturated carbocycles. The van der Waals surface area contributed by atoms with Crippen LogP contribution in [0.15, 0.2) is 84.9 Å². The first-order valence-electron chi connectivity index (χ1n) is 8.26. The fraction of sp³-hybridized carbons (Fsp3) is 0.0909. The van der Waals surface area contributed by atoms with Crippen LogP contribution < -0.4 is 4.74 Å². The van der Waals surface area contributed by atoms with Crippen molar-refractivity contribution in [3.05, 3.63) is 102 Å². The second-order valence-corrected chi connectivity index (χ2v) is 5.72. The lowest BCUT2D eigenvalue weighted by Crippen LogP contribution is -2.11. The van der Waals surface area contributed by atoms with Crippen molar-refractivity contribution < 1.29 is 19.1 Å². The highest BCUT2D eigenvalue weighted by atomic mass is 16.5. The van der Waals surface area contributed by atoms with E-state index < -0.39 is 5.97 Å². The van der Waals surface area contributed by atoms with Crippen LogP contribution in [-0.4, -0.2) is 11.9 Å². The standard InChI is InChI=1S/C22H18O4/c23-21(15-17-7-3-1-4-8-17)26-20-13-11-19(12-14-20)22(24)25-16-18-9-5-2-6-10-18/h1-14H,15-16H2. The summed E-state index contributed by atoms with van der Waals surface area (Å²) in [7, 11) is 0. The maximum atomic E-state index is 12.1. The zero-order chi connectivity index (χ0) is 18.2. The van der Waals surface area contributed by atoms with Gasteiger partial charge in [0.2, 0.25) is 0 Å². The molecule has 0 aliphatic carbocycles. The number of hydrogen-bond donors (Lipinski definition) is 0. The zero-order valence-corrected chi connectivity index (χ0v) is 14.1. The fourth-order valence-corrected chi connectivity index (χ4v) is 2.40. The first kappa shape index (κ1) is 17.4. The third-order valence-electron chi connectivity index (χ3n) is 3.73. The highest BCUT2D eigenvalue weighted by Crippen LogP contribution is 2.15. The van der Waals surface area contributed by atoms with Crippen molar-refractivity contribution in [3.8, 4) is 5.75 Å². The molecular weight excluding hydrogens is 328 g/mol. The molecule has 130 valence electrons. The Morgan fingerprint density at radius 2 is 1.27 bits per heavy atom. The summed E-state index contributed by atoms with van der Waals surface area (Å²) in [5.74, 6) is -0.378. The first-order valence-corrected chi connectivity index (χ1v) is 8.26. The molecule has 0 radical (unpaired) electrons. The van der Waals surface area contributed by atoms with E-state index in [0.29, 0.717) is 11.3 Å². The topological polar surface area (TPSA) is 52.6 Å². The van der Waals surface area contributed by atoms with Gasteiger partial charge in [-0.05, 0) is 35.4 Å². The lowest BCUT2D eigenvalue weighted by Gasteiger charge is -2.07. The van der Waals surface area contributed by atoms with E-state index in [4.69, 9.17) is 9.47 Å². The van der Waals surface area contributed by atoms with E-state index in [0.717, 1.165) is 11.1 Å². The molecule has 0 atom stereocenters. The number of hydrogen-bond acceptors (Lipinski definition) is 4. The molecule has 3 aromatic rings. The SMILES string of the molecule is O=C(Cc1ccccc1)Oc1ccc(C(=O)OCc2ccccc2)cc1. The molecule has 4 heteroatoms. The predicted octanol–water partition coefficient (Wildman–Crippen LogP) is 4.19. The molecule has 0 bridgehead atoms. The maximum absolute atomic E-state index is 12.1. The average Bonchev–Trinajstić information content (AvgIpc) is 2.68. The van der Waals surface area contributed by atoms with Crippen LogP contribution in [0.1, 0.15) is 21.5 Å². The number of carbonyl (C=O) groups excluding carboxylic acids is 2. The molecule has 3 rings (SSSR count). The molecule has 0 aromatic heterocycles. The molecule has 4 nitrogen and oxygen atoms in total. The molecule has 0 aliphatic heterocycles. The molecule has 26 heavy (non-hydrogen) atoms. The Kier molecular flexibility index (Phi) is 5.78. The summed E-state index contributed by atoms with van der Waals surface area (Å²) in [5, 5.41) is 0. The van der Waals surface area contributed by atoms with Gasteiger partial charge in [-0.1, -0.05) is 60.7 Å². The van der Waals surface area contributed by atoms with Crippen molar-refractivity contribution in [2.45, 2.75) is 13.0 Å². The van der Waals surface area contributed by atoms with Crippen LogP contribution in [0.3, 0.4) is 0 Å². The van der Waals surface area contributed by atoms with Crippen molar-refractivity contribution in [1.82, 2.24) is 0 Å². The summed E-state index contributed by atoms with van der Waals surface area (Å²) in [6.45, 7) is 0.216. The van der Waals surface area contributed by atoms with Crippen molar-refractivity contribution in [3.63, 3.8) is 0 Å². The minimum absolute atomic E-state index is 0.196. The van der Waals surface area contributed by atoms with Crippen molar-refractivity contribution in [2.75, 3.05) is 0 Å². The van der Waals surface area contributed by atoms with E-state index in [1.807, 2.05) is 60.7 Å². The van der Waals surface area contributed by atoms with Crippen molar-refractivity contribution in [2.24, 2.45) is 0 Å². The van der Waals surface area contributed by atoms with Gasteiger partial charge in [-0.25, -0.2) is 4.79 Å². The molecule has 3 aromatic carbocycles. The van der Waals surface area contributed by atoms with Crippen LogP contribution in [-0.2, 0) is 22.6 Å². The average molecular weight is 346 g/mol. The maximum Gasteiger partial charge on any atom is 0.338 e. The Morgan fingerprint density at radius 3 is 1.88 bits per heavy atom. The van der Waals surface area contributed by atoms with Gasteiger partial charge in [0, 0.05) is 0 Å². The molecule has 0 fully saturated rings. The van der Waals surface area contributed by atoms with E-state index in [2.05, 4.69) is 0 Å². The summed E-state index contributed by atoms with van der Waals surface area (Å²) in [6.07, 6.45) is 0.196. The molecule has 0 N–H and O–H groups in total. The third-order valence-corrected chi connectivity index (χ3v) is 3.73. The minimum Gasteiger partial charge on any atom is -0.457 e. The van der Waals surface area contributed by atoms with Crippen LogP contribution in [0.2, 0.25) is 0 Å². The number of ether oxygens (including phenoxy) is 2. The molecule has 0 spiro atoms. The lowest BCUT2D eigenvalue weighted by molar-refractivity contribution is -0.133. The van der Waals surface area contributed by atoms with Gasteiger partial charge in [0.15, 0.2) is 0 Å². The smallest absolute Gasteiger partial charge is 0.338 e. The van der Waals surface area contributed by atoms with Gasteiger partial charge >= 0.3 is 11.9 Å². The molecule has 0 saturated heterocycles. The van der Waals surface area contributed by atoms with Gasteiger partial charge in [0.25, 0.3) is 0 Å². The molecule has 0 amide bonds. The monoisotopic (exact) mass is 346 g/mol. The van der Waals surface area contributed by atoms with Crippen LogP contribution in [0.25, 0.3) is 0 Å². The van der Waals surface area contributed by atoms with Gasteiger partial charge in [0.1, 0.15) is 12.4 Å². The Hall–Kier alpha value is -3.40. The number of carbonyl (C=O) groups is 2. The van der Waals surface area contributed by atoms with Crippen LogP contribution >= 0.6 is 0 Å². The van der Waals surface area contributed by atoms with Gasteiger partial charge in [0.05, 0.1) is 12.0 Å². The normalized spacial score (nSPS) is 10.2. The second-order valence-electron chi connectivity index (χ2n) is 5.72. The van der Waals surface area contributed by atoms with Crippen molar-refractivity contribution in [1.29, 1.82) is 0 Å². The van der Waals surface area contributed by atoms with E-state index in [1.54, 1.807) is 24.3 Å². The summed E-state index contributed by atoms with van der Waals surface area (Å²) in [4.78, 5) is 24.0. The molecular formula is C22H18O4. The van der Waals surface area contributed by atoms with Crippen LogP contribution in [0.4, 0.5) is 0 Å². The Morgan fingerprint density at radius 1 is 0.692 bits per heavy atom. The van der Waals surface area contributed by atoms with E-state index in [9.17, 15) is 9.59 Å². The molecule has 0 aliphatic rings. The summed E-state index contributed by atoms with van der Waals surface area (Å²) >= 11 is 0. The number of benzene rings is 3. The van der Waals surface area contributed by atoms with Crippen molar-refractivity contribution >= 4 is 11.9 Å². The van der Waals surface area contributed by atoms with Gasteiger partial charge in [-0.15, -0.1) is 0 Å². The lowest BCUT2D eigenvalue weighted by atomic mass is 10.1. The van der Waals surface area contributed by atoms with E-state index >= 15 is 0 Å². The first-order chi connectivity index (χ1) is 12.7. The summed E-state index contributed by atoms with van der Waals surface area (Å²) < 4.78 is 10.6. The highest BCUT2D eigenvalue weighted by molar-refractivity contribution is 5.89. The minimum atomic E-state index is -0.420. The predicted molar refractivity (Wildman–Crippen MR) is 97.8 cm³/mol. The van der Waals surface area contributed by atoms with Crippen LogP contribution in [0, 0.1) is 0 Å². The Balaban J connectivity index is 1.52. The quantitative estimate of drug-likeness (QED) is 0.496. The zero-order valence-electron chi connectivity index (χ0n) is 14.1. The molecule has 0 unspecified atom stereocenters. The van der Waals surface area contributed by atoms with Crippen LogP contribution in [0.5, 0.6) is 5.75 Å². The fourth-order valence-electron chi connectivity index (χ4n) is 2.40. The summed E-state index contributed by atoms with van der Waals surface area (Å²) in [6, 6.07) is 25.2. The number of rotatable bonds is 6. The van der Waals surface area contributed by atoms with Gasteiger partial charge < -0.3 is 9.47 Å². The Bertz CT molecular complexity index is 856. The largest absolute Gasteiger partial charge is 0.457 e. The van der Waals surface area contributed by atoms with E-state index in [1.165, 1.54) is 0 Å². The third kappa shape index (κ3) is 5.05. The summed E-state index contributed by atoms with van der Waals surface area (Å²) in [5.41, 5.74) is 2.22. The van der Waals surface area contributed by atoms with E-state index in [-0.39, 0.29) is 19.0 Å². The molecule has 0 heterocycles. The van der Waals surface area contributed by atoms with Gasteiger partial charge in [-0.3, -0.25) is 4.79 Å². The number of esters is 2. The van der Waals surface area contributed by atoms with Gasteiger partial charge in [-0.2, -0.15) is 0 Å². The second kappa shape index (κ2) is 8.62. The Labute approximate surface area is 152 Å². The highest BCUT2D eigenvalue weighted by Gasteiger charge is 2.10.